The molecule has 22 heteroatoms. The number of primary amides is 2. The summed E-state index contributed by atoms with van der Waals surface area (Å²) in [5.74, 6) is -2.05. The van der Waals surface area contributed by atoms with E-state index in [-0.39, 0.29) is 39.9 Å². The maximum Gasteiger partial charge on any atom is 0.492 e. The SMILES string of the molecule is CCOC(=O)CC1OB(O)c2cc(Oc3nnc(C(N)=O)s3)cc(C)c21.Cc1cc(Oc2nnc(C(N)=O)s2)cc2c1C(CC(=O)O)OB2O. The minimum Gasteiger partial charge on any atom is -0.481 e. The lowest BCUT2D eigenvalue weighted by atomic mass is 9.77. The molecule has 2 aliphatic rings. The molecule has 260 valence electrons. The average molecular weight is 726 g/mol. The van der Waals surface area contributed by atoms with E-state index in [2.05, 4.69) is 20.4 Å². The quantitative estimate of drug-likeness (QED) is 0.103. The van der Waals surface area contributed by atoms with Crippen LogP contribution in [0.25, 0.3) is 0 Å². The van der Waals surface area contributed by atoms with Crippen LogP contribution in [0.2, 0.25) is 0 Å². The molecule has 0 radical (unpaired) electrons. The maximum absolute atomic E-state index is 11.7. The summed E-state index contributed by atoms with van der Waals surface area (Å²) in [7, 11) is -2.41. The molecule has 6 rings (SSSR count). The predicted molar refractivity (Wildman–Crippen MR) is 176 cm³/mol. The molecule has 0 fully saturated rings. The van der Waals surface area contributed by atoms with Gasteiger partial charge in [-0.3, -0.25) is 19.2 Å². The molecule has 0 saturated carbocycles. The number of carbonyl (C=O) groups is 4. The van der Waals surface area contributed by atoms with E-state index in [1.54, 1.807) is 38.1 Å². The summed E-state index contributed by atoms with van der Waals surface area (Å²) in [6, 6.07) is 6.54. The van der Waals surface area contributed by atoms with E-state index in [0.29, 0.717) is 33.6 Å². The number of carboxylic acids is 1. The highest BCUT2D eigenvalue weighted by atomic mass is 32.1. The molecule has 4 heterocycles. The number of amides is 2. The van der Waals surface area contributed by atoms with Crippen molar-refractivity contribution in [3.63, 3.8) is 0 Å². The Balaban J connectivity index is 0.000000195. The molecule has 50 heavy (non-hydrogen) atoms. The summed E-state index contributed by atoms with van der Waals surface area (Å²) in [5, 5.41) is 44.1. The van der Waals surface area contributed by atoms with Gasteiger partial charge in [-0.25, -0.2) is 0 Å². The summed E-state index contributed by atoms with van der Waals surface area (Å²) in [5.41, 5.74) is 14.1. The second-order valence-corrected chi connectivity index (χ2v) is 12.6. The first-order valence-electron chi connectivity index (χ1n) is 14.7. The number of aryl methyl sites for hydroxylation is 2. The van der Waals surface area contributed by atoms with Crippen molar-refractivity contribution in [1.82, 2.24) is 20.4 Å². The zero-order valence-electron chi connectivity index (χ0n) is 26.5. The Hall–Kier alpha value is -4.99. The van der Waals surface area contributed by atoms with Crippen molar-refractivity contribution < 1.29 is 57.9 Å². The van der Waals surface area contributed by atoms with E-state index in [1.165, 1.54) is 0 Å². The number of aromatic nitrogens is 4. The second kappa shape index (κ2) is 15.3. The summed E-state index contributed by atoms with van der Waals surface area (Å²) >= 11 is 1.81. The maximum atomic E-state index is 11.7. The number of benzene rings is 2. The van der Waals surface area contributed by atoms with E-state index < -0.39 is 50.2 Å². The molecule has 0 saturated heterocycles. The number of carboxylic acid groups (broad SMARTS) is 1. The van der Waals surface area contributed by atoms with Crippen LogP contribution in [0.15, 0.2) is 24.3 Å². The Morgan fingerprint density at radius 2 is 1.22 bits per heavy atom. The molecule has 2 aromatic carbocycles. The van der Waals surface area contributed by atoms with Crippen LogP contribution in [0.5, 0.6) is 21.9 Å². The van der Waals surface area contributed by atoms with Crippen LogP contribution < -0.4 is 31.9 Å². The van der Waals surface area contributed by atoms with Crippen molar-refractivity contribution in [1.29, 1.82) is 0 Å². The van der Waals surface area contributed by atoms with Gasteiger partial charge in [-0.2, -0.15) is 0 Å². The van der Waals surface area contributed by atoms with E-state index in [9.17, 15) is 29.2 Å². The van der Waals surface area contributed by atoms with E-state index in [1.807, 2.05) is 6.92 Å². The van der Waals surface area contributed by atoms with E-state index >= 15 is 0 Å². The lowest BCUT2D eigenvalue weighted by molar-refractivity contribution is -0.145. The van der Waals surface area contributed by atoms with Crippen LogP contribution in [0.1, 0.15) is 73.8 Å². The van der Waals surface area contributed by atoms with Crippen LogP contribution >= 0.6 is 22.7 Å². The molecule has 2 amide bonds. The molecule has 2 aliphatic heterocycles. The monoisotopic (exact) mass is 726 g/mol. The second-order valence-electron chi connectivity index (χ2n) is 10.7. The van der Waals surface area contributed by atoms with Crippen molar-refractivity contribution in [2.75, 3.05) is 6.61 Å². The molecular formula is C28H28B2N6O12S2. The standard InChI is InChI=1S/C15H16BN3O6S.C13H12BN3O6S/c1-3-23-11(20)6-10-12-7(2)4-8(5-9(12)16(22)25-10)24-15-19-18-14(26-15)13(17)21;1-5-2-6(22-13-17-16-12(24-13)11(15)20)3-7-10(5)8(4-9(18)19)23-14(7)21/h4-5,10,22H,3,6H2,1-2H3,(H2,17,21);2-3,8,21H,4H2,1H3,(H2,15,20)(H,18,19). The molecule has 7 N–H and O–H groups in total. The number of nitrogens with two attached hydrogens (primary N) is 2. The normalized spacial score (nSPS) is 15.9. The van der Waals surface area contributed by atoms with Gasteiger partial charge in [-0.1, -0.05) is 10.2 Å². The first-order chi connectivity index (χ1) is 23.7. The van der Waals surface area contributed by atoms with Crippen molar-refractivity contribution in [2.24, 2.45) is 11.5 Å². The van der Waals surface area contributed by atoms with Gasteiger partial charge >= 0.3 is 26.2 Å². The number of rotatable bonds is 11. The summed E-state index contributed by atoms with van der Waals surface area (Å²) in [6.45, 7) is 5.58. The average Bonchev–Trinajstić information content (AvgIpc) is 3.81. The number of nitrogens with zero attached hydrogens (tertiary/aromatic N) is 4. The number of hydrogen-bond acceptors (Lipinski definition) is 17. The van der Waals surface area contributed by atoms with Crippen molar-refractivity contribution in [2.45, 2.75) is 45.8 Å². The van der Waals surface area contributed by atoms with Gasteiger partial charge in [0.1, 0.15) is 11.5 Å². The highest BCUT2D eigenvalue weighted by molar-refractivity contribution is 7.15. The first-order valence-corrected chi connectivity index (χ1v) is 16.3. The third kappa shape index (κ3) is 8.23. The van der Waals surface area contributed by atoms with Gasteiger partial charge in [-0.15, -0.1) is 10.2 Å². The number of fused-ring (bicyclic) bond motifs is 2. The summed E-state index contributed by atoms with van der Waals surface area (Å²) in [6.07, 6.45) is -1.54. The fourth-order valence-electron chi connectivity index (χ4n) is 5.32. The van der Waals surface area contributed by atoms with Crippen LogP contribution in [0, 0.1) is 13.8 Å². The Morgan fingerprint density at radius 3 is 1.60 bits per heavy atom. The molecule has 0 spiro atoms. The topological polar surface area (TPSA) is 279 Å². The number of hydrogen-bond donors (Lipinski definition) is 5. The zero-order valence-corrected chi connectivity index (χ0v) is 28.1. The molecule has 18 nitrogen and oxygen atoms in total. The van der Waals surface area contributed by atoms with Gasteiger partial charge in [-0.05, 0) is 101 Å². The largest absolute Gasteiger partial charge is 0.492 e. The number of carbonyl (C=O) groups excluding carboxylic acids is 3. The zero-order chi connectivity index (χ0) is 36.3. The molecular weight excluding hydrogens is 698 g/mol. The first kappa shape index (κ1) is 36.3. The predicted octanol–water partition coefficient (Wildman–Crippen LogP) is 0.421. The summed E-state index contributed by atoms with van der Waals surface area (Å²) in [4.78, 5) is 44.7. The highest BCUT2D eigenvalue weighted by Gasteiger charge is 2.39. The number of esters is 1. The van der Waals surface area contributed by atoms with Crippen LogP contribution in [-0.4, -0.2) is 80.1 Å². The third-order valence-electron chi connectivity index (χ3n) is 7.21. The van der Waals surface area contributed by atoms with Crippen LogP contribution in [-0.2, 0) is 23.6 Å². The van der Waals surface area contributed by atoms with Crippen molar-refractivity contribution in [3.8, 4) is 21.9 Å². The van der Waals surface area contributed by atoms with Crippen molar-refractivity contribution >= 4 is 71.6 Å². The third-order valence-corrected chi connectivity index (χ3v) is 8.84. The number of ether oxygens (including phenoxy) is 3. The lowest BCUT2D eigenvalue weighted by Gasteiger charge is -2.14. The molecule has 4 aromatic rings. The molecule has 2 atom stereocenters. The minimum absolute atomic E-state index is 0.0112. The van der Waals surface area contributed by atoms with E-state index in [4.69, 9.17) is 40.1 Å². The van der Waals surface area contributed by atoms with Gasteiger partial charge in [0.2, 0.25) is 10.0 Å². The Kier molecular flexibility index (Phi) is 11.1. The van der Waals surface area contributed by atoms with Gasteiger partial charge in [0.25, 0.3) is 22.2 Å². The van der Waals surface area contributed by atoms with Crippen LogP contribution in [0.4, 0.5) is 0 Å². The molecule has 2 unspecified atom stereocenters. The fraction of sp³-hybridized carbons (Fsp3) is 0.286. The van der Waals surface area contributed by atoms with Crippen LogP contribution in [0.3, 0.4) is 0 Å². The minimum atomic E-state index is -1.23. The van der Waals surface area contributed by atoms with Gasteiger partial charge in [0.05, 0.1) is 31.7 Å². The summed E-state index contributed by atoms with van der Waals surface area (Å²) < 4.78 is 26.9. The smallest absolute Gasteiger partial charge is 0.481 e. The van der Waals surface area contributed by atoms with Gasteiger partial charge in [0.15, 0.2) is 0 Å². The Bertz CT molecular complexity index is 1960. The number of aliphatic carboxylic acids is 1. The lowest BCUT2D eigenvalue weighted by Crippen LogP contribution is -2.28. The van der Waals surface area contributed by atoms with Gasteiger partial charge in [0, 0.05) is 0 Å². The highest BCUT2D eigenvalue weighted by Crippen LogP contribution is 2.35. The fourth-order valence-corrected chi connectivity index (χ4v) is 6.45. The Labute approximate surface area is 291 Å². The van der Waals surface area contributed by atoms with E-state index in [0.717, 1.165) is 33.8 Å². The molecule has 0 bridgehead atoms. The molecule has 2 aromatic heterocycles. The van der Waals surface area contributed by atoms with Gasteiger partial charge < -0.3 is 50.1 Å². The molecule has 0 aliphatic carbocycles. The van der Waals surface area contributed by atoms with Crippen molar-refractivity contribution in [3.05, 3.63) is 56.5 Å². The Morgan fingerprint density at radius 1 is 0.780 bits per heavy atom.